The average Bonchev–Trinajstić information content (AvgIpc) is 2.50. The standard InChI is InChI=1S/C17H17FN2O3/c1-11-7-12(2)9-15(8-11)23-10-16(21)19-20-17(22)13-3-5-14(18)6-4-13/h3-9H,10H2,1-2H3,(H,19,21)(H,20,22). The van der Waals surface area contributed by atoms with Gasteiger partial charge in [-0.3, -0.25) is 20.4 Å². The Morgan fingerprint density at radius 1 is 1.00 bits per heavy atom. The number of halogens is 1. The van der Waals surface area contributed by atoms with Crippen LogP contribution in [0.15, 0.2) is 42.5 Å². The second kappa shape index (κ2) is 7.40. The van der Waals surface area contributed by atoms with Gasteiger partial charge in [-0.25, -0.2) is 4.39 Å². The SMILES string of the molecule is Cc1cc(C)cc(OCC(=O)NNC(=O)c2ccc(F)cc2)c1. The van der Waals surface area contributed by atoms with Crippen molar-refractivity contribution in [2.24, 2.45) is 0 Å². The topological polar surface area (TPSA) is 67.4 Å². The molecule has 0 saturated carbocycles. The van der Waals surface area contributed by atoms with Gasteiger partial charge in [0, 0.05) is 5.56 Å². The number of carbonyl (C=O) groups is 2. The van der Waals surface area contributed by atoms with Gasteiger partial charge in [0.05, 0.1) is 0 Å². The third-order valence-electron chi connectivity index (χ3n) is 2.99. The summed E-state index contributed by atoms with van der Waals surface area (Å²) >= 11 is 0. The molecule has 6 heteroatoms. The number of carbonyl (C=O) groups excluding carboxylic acids is 2. The van der Waals surface area contributed by atoms with Crippen LogP contribution in [0, 0.1) is 19.7 Å². The predicted octanol–water partition coefficient (Wildman–Crippen LogP) is 2.28. The summed E-state index contributed by atoms with van der Waals surface area (Å²) in [6, 6.07) is 10.6. The third kappa shape index (κ3) is 5.10. The van der Waals surface area contributed by atoms with Crippen LogP contribution < -0.4 is 15.6 Å². The number of aryl methyl sites for hydroxylation is 2. The normalized spacial score (nSPS) is 10.0. The number of hydrogen-bond donors (Lipinski definition) is 2. The van der Waals surface area contributed by atoms with Crippen molar-refractivity contribution in [1.82, 2.24) is 10.9 Å². The lowest BCUT2D eigenvalue weighted by Gasteiger charge is -2.10. The first-order valence-electron chi connectivity index (χ1n) is 7.00. The Balaban J connectivity index is 1.80. The van der Waals surface area contributed by atoms with Crippen LogP contribution in [0.25, 0.3) is 0 Å². The van der Waals surface area contributed by atoms with Crippen molar-refractivity contribution in [2.45, 2.75) is 13.8 Å². The number of amides is 2. The van der Waals surface area contributed by atoms with E-state index < -0.39 is 17.6 Å². The molecule has 2 rings (SSSR count). The van der Waals surface area contributed by atoms with Gasteiger partial charge in [0.25, 0.3) is 11.8 Å². The molecule has 0 aliphatic carbocycles. The van der Waals surface area contributed by atoms with Gasteiger partial charge in [-0.1, -0.05) is 6.07 Å². The molecule has 0 fully saturated rings. The van der Waals surface area contributed by atoms with E-state index in [4.69, 9.17) is 4.74 Å². The summed E-state index contributed by atoms with van der Waals surface area (Å²) in [4.78, 5) is 23.4. The minimum Gasteiger partial charge on any atom is -0.484 e. The molecule has 120 valence electrons. The van der Waals surface area contributed by atoms with Crippen LogP contribution in [0.2, 0.25) is 0 Å². The van der Waals surface area contributed by atoms with Gasteiger partial charge in [0.15, 0.2) is 6.61 Å². The summed E-state index contributed by atoms with van der Waals surface area (Å²) in [7, 11) is 0. The largest absolute Gasteiger partial charge is 0.484 e. The van der Waals surface area contributed by atoms with Crippen LogP contribution in [0.5, 0.6) is 5.75 Å². The van der Waals surface area contributed by atoms with Crippen LogP contribution in [0.3, 0.4) is 0 Å². The van der Waals surface area contributed by atoms with Gasteiger partial charge in [-0.2, -0.15) is 0 Å². The lowest BCUT2D eigenvalue weighted by atomic mass is 10.1. The Bertz CT molecular complexity index is 694. The average molecular weight is 316 g/mol. The summed E-state index contributed by atoms with van der Waals surface area (Å²) in [6.07, 6.45) is 0. The van der Waals surface area contributed by atoms with Crippen molar-refractivity contribution >= 4 is 11.8 Å². The highest BCUT2D eigenvalue weighted by Crippen LogP contribution is 2.15. The van der Waals surface area contributed by atoms with E-state index in [2.05, 4.69) is 10.9 Å². The Labute approximate surface area is 133 Å². The van der Waals surface area contributed by atoms with Crippen molar-refractivity contribution in [3.05, 3.63) is 65.0 Å². The van der Waals surface area contributed by atoms with Gasteiger partial charge in [0.2, 0.25) is 0 Å². The molecule has 0 saturated heterocycles. The van der Waals surface area contributed by atoms with E-state index in [0.29, 0.717) is 5.75 Å². The molecule has 0 aliphatic rings. The first kappa shape index (κ1) is 16.5. The molecule has 0 radical (unpaired) electrons. The fraction of sp³-hybridized carbons (Fsp3) is 0.176. The lowest BCUT2D eigenvalue weighted by molar-refractivity contribution is -0.123. The van der Waals surface area contributed by atoms with Crippen molar-refractivity contribution in [3.63, 3.8) is 0 Å². The first-order chi connectivity index (χ1) is 10.9. The van der Waals surface area contributed by atoms with Crippen LogP contribution in [0.1, 0.15) is 21.5 Å². The maximum absolute atomic E-state index is 12.8. The molecule has 0 unspecified atom stereocenters. The minimum absolute atomic E-state index is 0.230. The maximum Gasteiger partial charge on any atom is 0.276 e. The fourth-order valence-corrected chi connectivity index (χ4v) is 2.00. The van der Waals surface area contributed by atoms with Crippen molar-refractivity contribution < 1.29 is 18.7 Å². The highest BCUT2D eigenvalue weighted by molar-refractivity contribution is 5.95. The molecule has 0 atom stereocenters. The zero-order valence-corrected chi connectivity index (χ0v) is 12.9. The first-order valence-corrected chi connectivity index (χ1v) is 7.00. The van der Waals surface area contributed by atoms with Crippen molar-refractivity contribution in [3.8, 4) is 5.75 Å². The molecule has 2 N–H and O–H groups in total. The van der Waals surface area contributed by atoms with E-state index in [0.717, 1.165) is 11.1 Å². The highest BCUT2D eigenvalue weighted by atomic mass is 19.1. The molecular formula is C17H17FN2O3. The van der Waals surface area contributed by atoms with E-state index in [1.165, 1.54) is 24.3 Å². The minimum atomic E-state index is -0.537. The third-order valence-corrected chi connectivity index (χ3v) is 2.99. The van der Waals surface area contributed by atoms with Gasteiger partial charge < -0.3 is 4.74 Å². The zero-order valence-electron chi connectivity index (χ0n) is 12.9. The number of hydrazine groups is 1. The summed E-state index contributed by atoms with van der Waals surface area (Å²) in [6.45, 7) is 3.64. The van der Waals surface area contributed by atoms with Crippen LogP contribution in [-0.4, -0.2) is 18.4 Å². The van der Waals surface area contributed by atoms with Crippen LogP contribution >= 0.6 is 0 Å². The number of benzene rings is 2. The molecule has 2 amide bonds. The summed E-state index contributed by atoms with van der Waals surface area (Å²) in [5.41, 5.74) is 6.78. The maximum atomic E-state index is 12.8. The van der Waals surface area contributed by atoms with Gasteiger partial charge in [0.1, 0.15) is 11.6 Å². The molecule has 5 nitrogen and oxygen atoms in total. The molecule has 0 aliphatic heterocycles. The van der Waals surface area contributed by atoms with Crippen LogP contribution in [0.4, 0.5) is 4.39 Å². The Kier molecular flexibility index (Phi) is 5.30. The Morgan fingerprint density at radius 2 is 1.61 bits per heavy atom. The Hall–Kier alpha value is -2.89. The van der Waals surface area contributed by atoms with Crippen molar-refractivity contribution in [1.29, 1.82) is 0 Å². The second-order valence-electron chi connectivity index (χ2n) is 5.12. The summed E-state index contributed by atoms with van der Waals surface area (Å²) in [5, 5.41) is 0. The predicted molar refractivity (Wildman–Crippen MR) is 83.4 cm³/mol. The fourth-order valence-electron chi connectivity index (χ4n) is 2.00. The molecule has 0 spiro atoms. The van der Waals surface area contributed by atoms with Gasteiger partial charge in [-0.05, 0) is 61.4 Å². The monoisotopic (exact) mass is 316 g/mol. The zero-order chi connectivity index (χ0) is 16.8. The van der Waals surface area contributed by atoms with Gasteiger partial charge >= 0.3 is 0 Å². The van der Waals surface area contributed by atoms with Crippen LogP contribution in [-0.2, 0) is 4.79 Å². The summed E-state index contributed by atoms with van der Waals surface area (Å²) < 4.78 is 18.1. The Morgan fingerprint density at radius 3 is 2.22 bits per heavy atom. The lowest BCUT2D eigenvalue weighted by Crippen LogP contribution is -2.43. The molecule has 0 heterocycles. The van der Waals surface area contributed by atoms with E-state index in [-0.39, 0.29) is 12.2 Å². The smallest absolute Gasteiger partial charge is 0.276 e. The number of ether oxygens (including phenoxy) is 1. The molecule has 0 bridgehead atoms. The quantitative estimate of drug-likeness (QED) is 0.851. The van der Waals surface area contributed by atoms with E-state index in [1.807, 2.05) is 32.0 Å². The van der Waals surface area contributed by atoms with Crippen molar-refractivity contribution in [2.75, 3.05) is 6.61 Å². The molecule has 2 aromatic rings. The number of rotatable bonds is 4. The molecule has 23 heavy (non-hydrogen) atoms. The second-order valence-corrected chi connectivity index (χ2v) is 5.12. The molecule has 2 aromatic carbocycles. The van der Waals surface area contributed by atoms with E-state index in [1.54, 1.807) is 0 Å². The number of hydrogen-bond acceptors (Lipinski definition) is 3. The van der Waals surface area contributed by atoms with E-state index >= 15 is 0 Å². The van der Waals surface area contributed by atoms with Gasteiger partial charge in [-0.15, -0.1) is 0 Å². The highest BCUT2D eigenvalue weighted by Gasteiger charge is 2.08. The summed E-state index contributed by atoms with van der Waals surface area (Å²) in [5.74, 6) is -0.890. The number of nitrogens with one attached hydrogen (secondary N) is 2. The van der Waals surface area contributed by atoms with E-state index in [9.17, 15) is 14.0 Å². The molecular weight excluding hydrogens is 299 g/mol. The molecule has 0 aromatic heterocycles.